The monoisotopic (exact) mass is 460 g/mol. The molecule has 0 saturated heterocycles. The highest BCUT2D eigenvalue weighted by Crippen LogP contribution is 2.41. The van der Waals surface area contributed by atoms with E-state index in [1.165, 1.54) is 17.4 Å². The number of benzene rings is 2. The maximum Gasteiger partial charge on any atom is 0.266 e. The normalized spacial score (nSPS) is 13.2. The molecule has 0 fully saturated rings. The Labute approximate surface area is 182 Å². The molecule has 6 nitrogen and oxygen atoms in total. The molecule has 162 valence electrons. The molecule has 0 spiro atoms. The van der Waals surface area contributed by atoms with Gasteiger partial charge >= 0.3 is 0 Å². The fourth-order valence-electron chi connectivity index (χ4n) is 3.84. The third-order valence-electron chi connectivity index (χ3n) is 5.35. The summed E-state index contributed by atoms with van der Waals surface area (Å²) in [5.41, 5.74) is 2.37. The number of fused-ring (bicyclic) bond motifs is 3. The van der Waals surface area contributed by atoms with Gasteiger partial charge in [-0.15, -0.1) is 11.3 Å². The van der Waals surface area contributed by atoms with Gasteiger partial charge in [-0.25, -0.2) is 17.5 Å². The van der Waals surface area contributed by atoms with E-state index in [0.717, 1.165) is 6.26 Å². The van der Waals surface area contributed by atoms with E-state index < -0.39 is 15.8 Å². The summed E-state index contributed by atoms with van der Waals surface area (Å²) in [6, 6.07) is 8.00. The third-order valence-corrected chi connectivity index (χ3v) is 6.96. The summed E-state index contributed by atoms with van der Waals surface area (Å²) < 4.78 is 40.6. The number of rotatable bonds is 5. The Balaban J connectivity index is 1.89. The number of aryl methyl sites for hydroxylation is 1. The fourth-order valence-corrected chi connectivity index (χ4v) is 5.19. The number of hydrogen-bond acceptors (Lipinski definition) is 5. The number of phenolic OH excluding ortho intramolecular Hbond substituents is 1. The highest BCUT2D eigenvalue weighted by Gasteiger charge is 2.20. The van der Waals surface area contributed by atoms with E-state index in [2.05, 4.69) is 9.71 Å². The molecule has 3 N–H and O–H groups in total. The van der Waals surface area contributed by atoms with Gasteiger partial charge < -0.3 is 10.1 Å². The summed E-state index contributed by atoms with van der Waals surface area (Å²) in [5, 5.41) is 13.9. The molecule has 0 aliphatic heterocycles. The highest BCUT2D eigenvalue weighted by atomic mass is 32.2. The van der Waals surface area contributed by atoms with E-state index >= 15 is 4.39 Å². The van der Waals surface area contributed by atoms with E-state index in [-0.39, 0.29) is 23.8 Å². The second-order valence-corrected chi connectivity index (χ2v) is 10.5. The summed E-state index contributed by atoms with van der Waals surface area (Å²) in [6.07, 6.45) is 1.06. The number of phenols is 1. The van der Waals surface area contributed by atoms with Crippen LogP contribution in [-0.4, -0.2) is 31.3 Å². The van der Waals surface area contributed by atoms with Crippen molar-refractivity contribution in [3.8, 4) is 16.9 Å². The van der Waals surface area contributed by atoms with Crippen LogP contribution in [0, 0.1) is 12.7 Å². The van der Waals surface area contributed by atoms with Gasteiger partial charge in [0.25, 0.3) is 5.56 Å². The summed E-state index contributed by atoms with van der Waals surface area (Å²) in [6.45, 7) is 3.60. The molecule has 0 bridgehead atoms. The predicted molar refractivity (Wildman–Crippen MR) is 123 cm³/mol. The molecule has 4 rings (SSSR count). The van der Waals surface area contributed by atoms with Crippen LogP contribution in [0.15, 0.2) is 40.5 Å². The van der Waals surface area contributed by atoms with Gasteiger partial charge in [0.2, 0.25) is 10.0 Å². The summed E-state index contributed by atoms with van der Waals surface area (Å²) in [5.74, 6) is -0.894. The van der Waals surface area contributed by atoms with Crippen molar-refractivity contribution in [2.45, 2.75) is 19.8 Å². The second-order valence-electron chi connectivity index (χ2n) is 7.71. The molecule has 2 aromatic carbocycles. The lowest BCUT2D eigenvalue weighted by molar-refractivity contribution is 0.477. The molecule has 0 amide bonds. The summed E-state index contributed by atoms with van der Waals surface area (Å²) >= 11 is 1.31. The molecule has 0 aliphatic carbocycles. The smallest absolute Gasteiger partial charge is 0.266 e. The maximum atomic E-state index is 15.0. The van der Waals surface area contributed by atoms with Crippen molar-refractivity contribution in [3.63, 3.8) is 0 Å². The van der Waals surface area contributed by atoms with Crippen LogP contribution >= 0.6 is 11.3 Å². The molecular weight excluding hydrogens is 439 g/mol. The lowest BCUT2D eigenvalue weighted by Crippen LogP contribution is -2.26. The quantitative estimate of drug-likeness (QED) is 0.415. The van der Waals surface area contributed by atoms with Crippen LogP contribution in [0.2, 0.25) is 0 Å². The Bertz CT molecular complexity index is 1490. The van der Waals surface area contributed by atoms with E-state index in [4.69, 9.17) is 0 Å². The van der Waals surface area contributed by atoms with Crippen molar-refractivity contribution >= 4 is 42.3 Å². The van der Waals surface area contributed by atoms with Crippen LogP contribution in [0.25, 0.3) is 32.1 Å². The zero-order valence-electron chi connectivity index (χ0n) is 17.1. The second kappa shape index (κ2) is 7.74. The SMILES string of the molecule is Cc1cc(O)c(-c2ccc(C(C)CNS(C)(=O)=O)c(F)c2)c2c1[nH]c(=O)c1sccc12. The van der Waals surface area contributed by atoms with Crippen LogP contribution in [-0.2, 0) is 10.0 Å². The molecule has 0 aliphatic rings. The number of H-pyrrole nitrogens is 1. The van der Waals surface area contributed by atoms with Gasteiger partial charge in [0.15, 0.2) is 0 Å². The number of aromatic hydroxyl groups is 1. The first-order chi connectivity index (χ1) is 14.6. The minimum atomic E-state index is -3.38. The number of sulfonamides is 1. The number of thiophene rings is 1. The van der Waals surface area contributed by atoms with Gasteiger partial charge in [0.1, 0.15) is 16.3 Å². The van der Waals surface area contributed by atoms with Crippen LogP contribution in [0.5, 0.6) is 5.75 Å². The van der Waals surface area contributed by atoms with Crippen molar-refractivity contribution in [2.75, 3.05) is 12.8 Å². The number of aromatic nitrogens is 1. The van der Waals surface area contributed by atoms with Crippen LogP contribution < -0.4 is 10.3 Å². The predicted octanol–water partition coefficient (Wildman–Crippen LogP) is 4.22. The Hall–Kier alpha value is -2.75. The molecule has 0 saturated carbocycles. The van der Waals surface area contributed by atoms with Crippen molar-refractivity contribution in [2.24, 2.45) is 0 Å². The molecule has 1 unspecified atom stereocenters. The number of nitrogens with one attached hydrogen (secondary N) is 2. The first kappa shape index (κ1) is 21.5. The van der Waals surface area contributed by atoms with E-state index in [1.807, 2.05) is 11.4 Å². The molecule has 2 aromatic heterocycles. The van der Waals surface area contributed by atoms with Crippen LogP contribution in [0.4, 0.5) is 4.39 Å². The number of halogens is 1. The Morgan fingerprint density at radius 2 is 2.00 bits per heavy atom. The number of aromatic amines is 1. The van der Waals surface area contributed by atoms with Crippen LogP contribution in [0.3, 0.4) is 0 Å². The average molecular weight is 461 g/mol. The minimum absolute atomic E-state index is 0.0107. The molecular formula is C22H21FN2O4S2. The molecule has 0 radical (unpaired) electrons. The first-order valence-electron chi connectivity index (χ1n) is 9.57. The zero-order valence-corrected chi connectivity index (χ0v) is 18.7. The molecule has 31 heavy (non-hydrogen) atoms. The zero-order chi connectivity index (χ0) is 22.5. The van der Waals surface area contributed by atoms with Crippen LogP contribution in [0.1, 0.15) is 24.0 Å². The average Bonchev–Trinajstić information content (AvgIpc) is 3.17. The minimum Gasteiger partial charge on any atom is -0.507 e. The molecule has 1 atom stereocenters. The molecule has 9 heteroatoms. The lowest BCUT2D eigenvalue weighted by Gasteiger charge is -2.16. The maximum absolute atomic E-state index is 15.0. The van der Waals surface area contributed by atoms with E-state index in [9.17, 15) is 18.3 Å². The Morgan fingerprint density at radius 3 is 2.68 bits per heavy atom. The fraction of sp³-hybridized carbons (Fsp3) is 0.227. The van der Waals surface area contributed by atoms with Crippen molar-refractivity contribution in [3.05, 3.63) is 63.0 Å². The van der Waals surface area contributed by atoms with E-state index in [0.29, 0.717) is 43.2 Å². The van der Waals surface area contributed by atoms with Crippen molar-refractivity contribution in [1.29, 1.82) is 0 Å². The van der Waals surface area contributed by atoms with Crippen molar-refractivity contribution in [1.82, 2.24) is 9.71 Å². The van der Waals surface area contributed by atoms with Gasteiger partial charge in [0.05, 0.1) is 11.8 Å². The highest BCUT2D eigenvalue weighted by molar-refractivity contribution is 7.88. The van der Waals surface area contributed by atoms with Gasteiger partial charge in [-0.2, -0.15) is 0 Å². The molecule has 2 heterocycles. The summed E-state index contributed by atoms with van der Waals surface area (Å²) in [7, 11) is -3.38. The lowest BCUT2D eigenvalue weighted by atomic mass is 9.92. The third kappa shape index (κ3) is 3.96. The first-order valence-corrected chi connectivity index (χ1v) is 12.3. The Kier molecular flexibility index (Phi) is 5.36. The standard InChI is InChI=1S/C22H21FN2O4S2/c1-11-8-17(26)18(19-15-6-7-30-21(15)22(27)25-20(11)19)13-4-5-14(16(23)9-13)12(2)10-24-31(3,28)29/h4-9,12,24,26H,10H2,1-3H3,(H,25,27). The summed E-state index contributed by atoms with van der Waals surface area (Å²) in [4.78, 5) is 15.3. The van der Waals surface area contributed by atoms with Gasteiger partial charge in [-0.3, -0.25) is 4.79 Å². The van der Waals surface area contributed by atoms with Gasteiger partial charge in [0, 0.05) is 22.9 Å². The van der Waals surface area contributed by atoms with E-state index in [1.54, 1.807) is 32.0 Å². The van der Waals surface area contributed by atoms with Gasteiger partial charge in [-0.1, -0.05) is 19.1 Å². The topological polar surface area (TPSA) is 99.3 Å². The van der Waals surface area contributed by atoms with Gasteiger partial charge in [-0.05, 0) is 53.1 Å². The molecule has 4 aromatic rings. The Morgan fingerprint density at radius 1 is 1.26 bits per heavy atom. The van der Waals surface area contributed by atoms with Crippen molar-refractivity contribution < 1.29 is 17.9 Å². The number of hydrogen-bond donors (Lipinski definition) is 3. The largest absolute Gasteiger partial charge is 0.507 e. The number of pyridine rings is 1.